The van der Waals surface area contributed by atoms with Crippen LogP contribution in [0.1, 0.15) is 27.2 Å². The van der Waals surface area contributed by atoms with Gasteiger partial charge in [0.25, 0.3) is 0 Å². The Kier molecular flexibility index (Phi) is 8.29. The molecular weight excluding hydrogens is 206 g/mol. The molecule has 92 valence electrons. The molecule has 1 amide bonds. The molecule has 0 aromatic rings. The summed E-state index contributed by atoms with van der Waals surface area (Å²) in [6.45, 7) is 8.38. The molecule has 0 saturated carbocycles. The fourth-order valence-electron chi connectivity index (χ4n) is 1.33. The Bertz CT molecular complexity index is 248. The van der Waals surface area contributed by atoms with Gasteiger partial charge in [-0.05, 0) is 38.9 Å². The van der Waals surface area contributed by atoms with Crippen LogP contribution in [0.15, 0.2) is 5.11 Å². The van der Waals surface area contributed by atoms with Gasteiger partial charge in [-0.15, -0.1) is 0 Å². The smallest absolute Gasteiger partial charge is 0.234 e. The first kappa shape index (κ1) is 14.7. The molecule has 0 heterocycles. The molecule has 0 spiro atoms. The second kappa shape index (κ2) is 9.00. The zero-order chi connectivity index (χ0) is 12.4. The maximum atomic E-state index is 11.5. The molecule has 0 unspecified atom stereocenters. The van der Waals surface area contributed by atoms with E-state index in [2.05, 4.69) is 15.3 Å². The van der Waals surface area contributed by atoms with Crippen molar-refractivity contribution in [3.8, 4) is 0 Å². The predicted octanol–water partition coefficient (Wildman–Crippen LogP) is 1.53. The van der Waals surface area contributed by atoms with Gasteiger partial charge in [0.1, 0.15) is 0 Å². The fraction of sp³-hybridized carbons (Fsp3) is 0.900. The van der Waals surface area contributed by atoms with Crippen molar-refractivity contribution in [2.45, 2.75) is 33.2 Å². The van der Waals surface area contributed by atoms with Crippen LogP contribution in [0, 0.1) is 0 Å². The zero-order valence-electron chi connectivity index (χ0n) is 10.3. The van der Waals surface area contributed by atoms with E-state index < -0.39 is 0 Å². The number of azide groups is 1. The lowest BCUT2D eigenvalue weighted by Gasteiger charge is -2.20. The van der Waals surface area contributed by atoms with Gasteiger partial charge < -0.3 is 5.32 Å². The predicted molar refractivity (Wildman–Crippen MR) is 64.0 cm³/mol. The van der Waals surface area contributed by atoms with Crippen molar-refractivity contribution < 1.29 is 4.79 Å². The second-order valence-corrected chi connectivity index (χ2v) is 3.90. The first-order valence-corrected chi connectivity index (χ1v) is 5.62. The zero-order valence-corrected chi connectivity index (χ0v) is 10.3. The largest absolute Gasteiger partial charge is 0.353 e. The average Bonchev–Trinajstić information content (AvgIpc) is 2.21. The Balaban J connectivity index is 3.81. The Morgan fingerprint density at radius 3 is 2.75 bits per heavy atom. The number of amides is 1. The van der Waals surface area contributed by atoms with Crippen molar-refractivity contribution in [1.82, 2.24) is 10.2 Å². The monoisotopic (exact) mass is 227 g/mol. The first-order chi connectivity index (χ1) is 7.60. The molecule has 0 aliphatic heterocycles. The highest BCUT2D eigenvalue weighted by Crippen LogP contribution is 1.92. The molecule has 0 aliphatic rings. The maximum absolute atomic E-state index is 11.5. The van der Waals surface area contributed by atoms with E-state index in [-0.39, 0.29) is 11.9 Å². The molecule has 1 N–H and O–H groups in total. The molecule has 0 saturated heterocycles. The number of hydrogen-bond donors (Lipinski definition) is 1. The molecule has 0 aromatic heterocycles. The Labute approximate surface area is 96.6 Å². The van der Waals surface area contributed by atoms with Gasteiger partial charge in [0.15, 0.2) is 0 Å². The molecule has 6 heteroatoms. The SMILES string of the molecule is CCN(CCCN=[N+]=[N-])CC(=O)NC(C)C. The van der Waals surface area contributed by atoms with Gasteiger partial charge in [-0.3, -0.25) is 9.69 Å². The number of rotatable bonds is 8. The first-order valence-electron chi connectivity index (χ1n) is 5.62. The summed E-state index contributed by atoms with van der Waals surface area (Å²) >= 11 is 0. The van der Waals surface area contributed by atoms with Crippen molar-refractivity contribution >= 4 is 5.91 Å². The highest BCUT2D eigenvalue weighted by atomic mass is 16.2. The number of carbonyl (C=O) groups excluding carboxylic acids is 1. The second-order valence-electron chi connectivity index (χ2n) is 3.90. The molecule has 0 radical (unpaired) electrons. The minimum Gasteiger partial charge on any atom is -0.353 e. The van der Waals surface area contributed by atoms with Crippen LogP contribution in [0.2, 0.25) is 0 Å². The standard InChI is InChI=1S/C10H21N5O/c1-4-15(7-5-6-12-14-11)8-10(16)13-9(2)3/h9H,4-8H2,1-3H3,(H,13,16). The van der Waals surface area contributed by atoms with Crippen LogP contribution >= 0.6 is 0 Å². The molecule has 16 heavy (non-hydrogen) atoms. The van der Waals surface area contributed by atoms with E-state index in [4.69, 9.17) is 5.53 Å². The minimum absolute atomic E-state index is 0.0423. The Morgan fingerprint density at radius 2 is 2.25 bits per heavy atom. The van der Waals surface area contributed by atoms with Crippen LogP contribution in [-0.2, 0) is 4.79 Å². The molecule has 0 bridgehead atoms. The van der Waals surface area contributed by atoms with Gasteiger partial charge >= 0.3 is 0 Å². The van der Waals surface area contributed by atoms with Crippen LogP contribution in [0.5, 0.6) is 0 Å². The lowest BCUT2D eigenvalue weighted by Crippen LogP contribution is -2.40. The summed E-state index contributed by atoms with van der Waals surface area (Å²) < 4.78 is 0. The molecule has 0 atom stereocenters. The number of nitrogens with one attached hydrogen (secondary N) is 1. The molecule has 0 rings (SSSR count). The van der Waals surface area contributed by atoms with Crippen LogP contribution < -0.4 is 5.32 Å². The lowest BCUT2D eigenvalue weighted by molar-refractivity contribution is -0.122. The van der Waals surface area contributed by atoms with E-state index in [1.54, 1.807) is 0 Å². The van der Waals surface area contributed by atoms with E-state index in [0.717, 1.165) is 19.5 Å². The summed E-state index contributed by atoms with van der Waals surface area (Å²) in [5, 5.41) is 6.31. The summed E-state index contributed by atoms with van der Waals surface area (Å²) in [6, 6.07) is 0.175. The summed E-state index contributed by atoms with van der Waals surface area (Å²) in [6.07, 6.45) is 0.785. The number of hydrogen-bond acceptors (Lipinski definition) is 3. The topological polar surface area (TPSA) is 81.1 Å². The summed E-state index contributed by atoms with van der Waals surface area (Å²) in [4.78, 5) is 16.2. The van der Waals surface area contributed by atoms with Gasteiger partial charge in [-0.2, -0.15) is 0 Å². The number of likely N-dealkylation sites (N-methyl/N-ethyl adjacent to an activating group) is 1. The van der Waals surface area contributed by atoms with Crippen molar-refractivity contribution in [1.29, 1.82) is 0 Å². The highest BCUT2D eigenvalue weighted by Gasteiger charge is 2.08. The maximum Gasteiger partial charge on any atom is 0.234 e. The number of carbonyl (C=O) groups is 1. The van der Waals surface area contributed by atoms with E-state index in [0.29, 0.717) is 13.1 Å². The van der Waals surface area contributed by atoms with Gasteiger partial charge in [-0.25, -0.2) is 0 Å². The molecular formula is C10H21N5O. The van der Waals surface area contributed by atoms with Gasteiger partial charge in [0.05, 0.1) is 6.54 Å². The van der Waals surface area contributed by atoms with Crippen LogP contribution in [-0.4, -0.2) is 43.0 Å². The molecule has 0 fully saturated rings. The lowest BCUT2D eigenvalue weighted by atomic mass is 10.3. The summed E-state index contributed by atoms with van der Waals surface area (Å²) in [5.41, 5.74) is 8.11. The van der Waals surface area contributed by atoms with Gasteiger partial charge in [0.2, 0.25) is 5.91 Å². The van der Waals surface area contributed by atoms with E-state index >= 15 is 0 Å². The van der Waals surface area contributed by atoms with Crippen LogP contribution in [0.25, 0.3) is 10.4 Å². The molecule has 6 nitrogen and oxygen atoms in total. The molecule has 0 aliphatic carbocycles. The van der Waals surface area contributed by atoms with E-state index in [1.165, 1.54) is 0 Å². The third-order valence-corrected chi connectivity index (χ3v) is 2.06. The van der Waals surface area contributed by atoms with Crippen LogP contribution in [0.4, 0.5) is 0 Å². The third kappa shape index (κ3) is 8.08. The van der Waals surface area contributed by atoms with Crippen molar-refractivity contribution in [2.24, 2.45) is 5.11 Å². The quantitative estimate of drug-likeness (QED) is 0.295. The summed E-state index contributed by atoms with van der Waals surface area (Å²) in [7, 11) is 0. The highest BCUT2D eigenvalue weighted by molar-refractivity contribution is 5.78. The third-order valence-electron chi connectivity index (χ3n) is 2.06. The van der Waals surface area contributed by atoms with Gasteiger partial charge in [-0.1, -0.05) is 12.0 Å². The normalized spacial score (nSPS) is 10.3. The number of nitrogens with zero attached hydrogens (tertiary/aromatic N) is 4. The van der Waals surface area contributed by atoms with E-state index in [1.807, 2.05) is 25.7 Å². The fourth-order valence-corrected chi connectivity index (χ4v) is 1.33. The van der Waals surface area contributed by atoms with Gasteiger partial charge in [0, 0.05) is 17.5 Å². The minimum atomic E-state index is 0.0423. The van der Waals surface area contributed by atoms with Crippen molar-refractivity contribution in [3.05, 3.63) is 10.4 Å². The summed E-state index contributed by atoms with van der Waals surface area (Å²) in [5.74, 6) is 0.0423. The van der Waals surface area contributed by atoms with Crippen LogP contribution in [0.3, 0.4) is 0 Å². The molecule has 0 aromatic carbocycles. The average molecular weight is 227 g/mol. The van der Waals surface area contributed by atoms with E-state index in [9.17, 15) is 4.79 Å². The Morgan fingerprint density at radius 1 is 1.56 bits per heavy atom. The van der Waals surface area contributed by atoms with Crippen molar-refractivity contribution in [2.75, 3.05) is 26.2 Å². The Hall–Kier alpha value is -1.26. The van der Waals surface area contributed by atoms with Crippen molar-refractivity contribution in [3.63, 3.8) is 0 Å².